The van der Waals surface area contributed by atoms with E-state index in [2.05, 4.69) is 27.9 Å². The molecule has 6 rings (SSSR count). The molecule has 3 heterocycles. The number of carbonyl (C=O) groups is 2. The summed E-state index contributed by atoms with van der Waals surface area (Å²) in [4.78, 5) is 33.3. The zero-order valence-electron chi connectivity index (χ0n) is 21.6. The minimum Gasteiger partial charge on any atom is -0.339 e. The number of aromatic nitrogens is 2. The Bertz CT molecular complexity index is 1730. The third-order valence-electron chi connectivity index (χ3n) is 7.40. The molecule has 0 radical (unpaired) electrons. The Morgan fingerprint density at radius 3 is 2.41 bits per heavy atom. The summed E-state index contributed by atoms with van der Waals surface area (Å²) < 4.78 is 17.0. The Hall–Kier alpha value is -4.23. The zero-order valence-corrected chi connectivity index (χ0v) is 22.5. The topological polar surface area (TPSA) is 67.2 Å². The molecule has 1 aliphatic rings. The van der Waals surface area contributed by atoms with Crippen molar-refractivity contribution >= 4 is 57.4 Å². The van der Waals surface area contributed by atoms with Gasteiger partial charge in [0.1, 0.15) is 17.1 Å². The molecule has 0 spiro atoms. The first-order chi connectivity index (χ1) is 18.4. The minimum absolute atomic E-state index is 0. The lowest BCUT2D eigenvalue weighted by Gasteiger charge is -2.26. The molecule has 0 unspecified atom stereocenters. The van der Waals surface area contributed by atoms with Crippen LogP contribution in [-0.4, -0.2) is 21.4 Å². The van der Waals surface area contributed by atoms with E-state index in [1.807, 2.05) is 18.2 Å². The molecule has 1 aliphatic heterocycles. The number of unbranched alkanes of at least 4 members (excludes halogenated alkanes) is 1. The van der Waals surface area contributed by atoms with Gasteiger partial charge in [-0.1, -0.05) is 61.9 Å². The van der Waals surface area contributed by atoms with E-state index < -0.39 is 23.2 Å². The number of aryl methyl sites for hydroxylation is 1. The van der Waals surface area contributed by atoms with Crippen LogP contribution in [0.5, 0.6) is 0 Å². The predicted octanol–water partition coefficient (Wildman–Crippen LogP) is 6.87. The van der Waals surface area contributed by atoms with Crippen LogP contribution in [-0.2, 0) is 16.9 Å². The van der Waals surface area contributed by atoms with Crippen LogP contribution in [0.1, 0.15) is 42.7 Å². The van der Waals surface area contributed by atoms with E-state index in [-0.39, 0.29) is 23.8 Å². The van der Waals surface area contributed by atoms with E-state index in [1.54, 1.807) is 61.7 Å². The van der Waals surface area contributed by atoms with Crippen molar-refractivity contribution < 1.29 is 14.0 Å². The first kappa shape index (κ1) is 26.4. The van der Waals surface area contributed by atoms with Crippen molar-refractivity contribution in [3.05, 3.63) is 102 Å². The Labute approximate surface area is 231 Å². The smallest absolute Gasteiger partial charge is 0.271 e. The summed E-state index contributed by atoms with van der Waals surface area (Å²) in [5, 5.41) is 4.92. The number of hydrogen-bond donors (Lipinski definition) is 1. The maximum atomic E-state index is 14.8. The second-order valence-corrected chi connectivity index (χ2v) is 9.80. The summed E-state index contributed by atoms with van der Waals surface area (Å²) in [5.74, 6) is -1.43. The van der Waals surface area contributed by atoms with Gasteiger partial charge in [0.15, 0.2) is 0 Å². The largest absolute Gasteiger partial charge is 0.339 e. The van der Waals surface area contributed by atoms with E-state index in [4.69, 9.17) is 0 Å². The predicted molar refractivity (Wildman–Crippen MR) is 154 cm³/mol. The second kappa shape index (κ2) is 10.2. The quantitative estimate of drug-likeness (QED) is 0.254. The number of fused-ring (bicyclic) bond motifs is 4. The molecule has 0 saturated carbocycles. The molecule has 0 fully saturated rings. The van der Waals surface area contributed by atoms with Crippen LogP contribution < -0.4 is 10.2 Å². The van der Waals surface area contributed by atoms with Gasteiger partial charge in [-0.05, 0) is 43.7 Å². The maximum Gasteiger partial charge on any atom is 0.271 e. The molecule has 39 heavy (non-hydrogen) atoms. The van der Waals surface area contributed by atoms with Crippen LogP contribution in [0.3, 0.4) is 0 Å². The molecule has 3 aromatic carbocycles. The molecule has 1 N–H and O–H groups in total. The van der Waals surface area contributed by atoms with E-state index >= 15 is 0 Å². The number of carbonyl (C=O) groups excluding carboxylic acids is 2. The molecule has 5 aromatic rings. The number of para-hydroxylation sites is 3. The molecular weight excluding hydrogens is 515 g/mol. The monoisotopic (exact) mass is 542 g/mol. The fraction of sp³-hybridized carbons (Fsp3) is 0.194. The third kappa shape index (κ3) is 4.14. The van der Waals surface area contributed by atoms with Crippen molar-refractivity contribution in [3.8, 4) is 0 Å². The van der Waals surface area contributed by atoms with Crippen molar-refractivity contribution in [1.29, 1.82) is 0 Å². The van der Waals surface area contributed by atoms with Gasteiger partial charge in [-0.15, -0.1) is 12.4 Å². The second-order valence-electron chi connectivity index (χ2n) is 9.80. The van der Waals surface area contributed by atoms with Crippen LogP contribution in [0, 0.1) is 5.82 Å². The highest BCUT2D eigenvalue weighted by Gasteiger charge is 2.49. The number of nitrogens with one attached hydrogen (secondary N) is 1. The molecule has 0 aliphatic carbocycles. The average Bonchev–Trinajstić information content (AvgIpc) is 3.36. The summed E-state index contributed by atoms with van der Waals surface area (Å²) in [6.45, 7) is 4.68. The molecule has 8 heteroatoms. The Balaban J connectivity index is 0.00000308. The van der Waals surface area contributed by atoms with Crippen molar-refractivity contribution in [1.82, 2.24) is 14.9 Å². The highest BCUT2D eigenvalue weighted by molar-refractivity contribution is 6.15. The van der Waals surface area contributed by atoms with Crippen molar-refractivity contribution in [2.45, 2.75) is 38.8 Å². The van der Waals surface area contributed by atoms with Gasteiger partial charge in [-0.25, -0.2) is 9.37 Å². The van der Waals surface area contributed by atoms with Crippen molar-refractivity contribution in [2.75, 3.05) is 4.90 Å². The number of nitrogens with zero attached hydrogens (tertiary/aromatic N) is 3. The summed E-state index contributed by atoms with van der Waals surface area (Å²) >= 11 is 0. The van der Waals surface area contributed by atoms with Gasteiger partial charge in [0.05, 0.1) is 23.1 Å². The van der Waals surface area contributed by atoms with Crippen molar-refractivity contribution in [2.24, 2.45) is 0 Å². The van der Waals surface area contributed by atoms with Gasteiger partial charge in [-0.3, -0.25) is 14.5 Å². The first-order valence-electron chi connectivity index (χ1n) is 12.8. The molecule has 2 aromatic heterocycles. The fourth-order valence-electron chi connectivity index (χ4n) is 5.45. The van der Waals surface area contributed by atoms with Crippen LogP contribution in [0.2, 0.25) is 0 Å². The summed E-state index contributed by atoms with van der Waals surface area (Å²) in [7, 11) is 0. The van der Waals surface area contributed by atoms with E-state index in [9.17, 15) is 14.0 Å². The van der Waals surface area contributed by atoms with Crippen LogP contribution >= 0.6 is 12.4 Å². The first-order valence-corrected chi connectivity index (χ1v) is 12.8. The molecule has 2 amide bonds. The molecule has 0 bridgehead atoms. The molecule has 1 atom stereocenters. The van der Waals surface area contributed by atoms with Crippen LogP contribution in [0.4, 0.5) is 15.8 Å². The lowest BCUT2D eigenvalue weighted by Crippen LogP contribution is -2.50. The van der Waals surface area contributed by atoms with Gasteiger partial charge in [0.25, 0.3) is 11.8 Å². The van der Waals surface area contributed by atoms with E-state index in [1.165, 1.54) is 11.0 Å². The number of amides is 2. The summed E-state index contributed by atoms with van der Waals surface area (Å²) in [5.41, 5.74) is 2.15. The lowest BCUT2D eigenvalue weighted by atomic mass is 9.93. The molecular formula is C31H28ClFN4O2. The van der Waals surface area contributed by atoms with Gasteiger partial charge < -0.3 is 9.88 Å². The Kier molecular flexibility index (Phi) is 6.87. The highest BCUT2D eigenvalue weighted by atomic mass is 35.5. The number of rotatable bonds is 6. The van der Waals surface area contributed by atoms with Crippen molar-refractivity contribution in [3.63, 3.8) is 0 Å². The number of benzene rings is 3. The lowest BCUT2D eigenvalue weighted by molar-refractivity contribution is -0.122. The molecule has 0 saturated heterocycles. The van der Waals surface area contributed by atoms with E-state index in [0.717, 1.165) is 41.2 Å². The van der Waals surface area contributed by atoms with Crippen LogP contribution in [0.15, 0.2) is 85.1 Å². The van der Waals surface area contributed by atoms with Gasteiger partial charge in [-0.2, -0.15) is 0 Å². The standard InChI is InChI=1S/C31H27FN4O2.ClH/c1-3-4-17-35-25-14-8-5-11-20(25)21-18-24(33-19-28(21)35)29(37)34-31(2)22-12-6-9-15-26(22)36(30(31)38)27-16-10-7-13-23(27)32;/h5-16,18-19H,3-4,17H2,1-2H3,(H,34,37);1H/t31-;/m0./s1. The summed E-state index contributed by atoms with van der Waals surface area (Å²) in [6.07, 6.45) is 3.84. The average molecular weight is 543 g/mol. The third-order valence-corrected chi connectivity index (χ3v) is 7.40. The van der Waals surface area contributed by atoms with E-state index in [0.29, 0.717) is 11.3 Å². The normalized spacial score (nSPS) is 16.4. The number of hydrogen-bond acceptors (Lipinski definition) is 3. The maximum absolute atomic E-state index is 14.8. The van der Waals surface area contributed by atoms with Gasteiger partial charge >= 0.3 is 0 Å². The number of halogens is 2. The van der Waals surface area contributed by atoms with Crippen LogP contribution in [0.25, 0.3) is 21.8 Å². The SMILES string of the molecule is CCCCn1c2ccccc2c2cc(C(=O)N[C@]3(C)C(=O)N(c4ccccc4F)c4ccccc43)ncc21.Cl. The summed E-state index contributed by atoms with van der Waals surface area (Å²) in [6, 6.07) is 23.2. The Morgan fingerprint density at radius 1 is 0.949 bits per heavy atom. The Morgan fingerprint density at radius 2 is 1.64 bits per heavy atom. The molecule has 6 nitrogen and oxygen atoms in total. The fourth-order valence-corrected chi connectivity index (χ4v) is 5.45. The molecule has 198 valence electrons. The number of pyridine rings is 1. The minimum atomic E-state index is -1.40. The van der Waals surface area contributed by atoms with Gasteiger partial charge in [0.2, 0.25) is 0 Å². The highest BCUT2D eigenvalue weighted by Crippen LogP contribution is 2.44. The number of anilines is 2. The van der Waals surface area contributed by atoms with Gasteiger partial charge in [0, 0.05) is 28.4 Å². The zero-order chi connectivity index (χ0) is 26.4.